The Morgan fingerprint density at radius 2 is 2.09 bits per heavy atom. The minimum atomic E-state index is -1.03. The first-order valence-electron chi connectivity index (χ1n) is 10.3. The molecular formula is C21H25ClFN5O4. The average Bonchev–Trinajstić information content (AvgIpc) is 3.16. The maximum atomic E-state index is 13.9. The van der Waals surface area contributed by atoms with E-state index in [9.17, 15) is 23.6 Å². The summed E-state index contributed by atoms with van der Waals surface area (Å²) in [6, 6.07) is 2.14. The molecule has 0 aromatic heterocycles. The molecule has 0 bridgehead atoms. The van der Waals surface area contributed by atoms with Gasteiger partial charge in [-0.3, -0.25) is 24.2 Å². The average molecular weight is 466 g/mol. The van der Waals surface area contributed by atoms with Crippen molar-refractivity contribution in [3.8, 4) is 0 Å². The lowest BCUT2D eigenvalue weighted by Gasteiger charge is -2.35. The molecular weight excluding hydrogens is 441 g/mol. The molecule has 5 N–H and O–H groups in total. The van der Waals surface area contributed by atoms with Gasteiger partial charge in [-0.2, -0.15) is 0 Å². The first-order chi connectivity index (χ1) is 15.3. The van der Waals surface area contributed by atoms with Crippen LogP contribution in [-0.4, -0.2) is 53.8 Å². The molecule has 2 fully saturated rings. The van der Waals surface area contributed by atoms with E-state index in [0.29, 0.717) is 32.4 Å². The molecule has 32 heavy (non-hydrogen) atoms. The van der Waals surface area contributed by atoms with Crippen molar-refractivity contribution >= 4 is 41.3 Å². The molecule has 3 atom stereocenters. The molecule has 1 unspecified atom stereocenters. The Labute approximate surface area is 189 Å². The number of hydrogen-bond acceptors (Lipinski definition) is 5. The van der Waals surface area contributed by atoms with Crippen LogP contribution in [0.4, 0.5) is 4.39 Å². The number of halogens is 2. The van der Waals surface area contributed by atoms with Crippen molar-refractivity contribution < 1.29 is 23.6 Å². The maximum absolute atomic E-state index is 13.9. The molecule has 0 spiro atoms. The molecule has 2 saturated heterocycles. The Kier molecular flexibility index (Phi) is 7.81. The van der Waals surface area contributed by atoms with Crippen LogP contribution in [0.2, 0.25) is 5.02 Å². The molecule has 9 nitrogen and oxygen atoms in total. The predicted octanol–water partition coefficient (Wildman–Crippen LogP) is 0.484. The molecule has 11 heteroatoms. The Morgan fingerprint density at radius 1 is 1.31 bits per heavy atom. The van der Waals surface area contributed by atoms with Gasteiger partial charge in [-0.05, 0) is 43.9 Å². The van der Waals surface area contributed by atoms with Gasteiger partial charge in [0.2, 0.25) is 17.7 Å². The van der Waals surface area contributed by atoms with E-state index >= 15 is 0 Å². The number of amides is 4. The van der Waals surface area contributed by atoms with Gasteiger partial charge in [0.15, 0.2) is 0 Å². The summed E-state index contributed by atoms with van der Waals surface area (Å²) in [5.41, 5.74) is 8.47. The van der Waals surface area contributed by atoms with E-state index in [0.717, 1.165) is 17.2 Å². The molecule has 0 radical (unpaired) electrons. The molecule has 2 aliphatic rings. The van der Waals surface area contributed by atoms with Gasteiger partial charge in [-0.25, -0.2) is 9.82 Å². The fraction of sp³-hybridized carbons (Fsp3) is 0.429. The minimum Gasteiger partial charge on any atom is -0.368 e. The van der Waals surface area contributed by atoms with E-state index in [4.69, 9.17) is 17.3 Å². The number of carbonyl (C=O) groups is 4. The van der Waals surface area contributed by atoms with Crippen LogP contribution >= 0.6 is 11.6 Å². The maximum Gasteiger partial charge on any atom is 0.261 e. The van der Waals surface area contributed by atoms with Crippen LogP contribution in [0.25, 0.3) is 6.08 Å². The minimum absolute atomic E-state index is 0.0940. The number of hydrazine groups is 1. The van der Waals surface area contributed by atoms with Gasteiger partial charge in [0.05, 0.1) is 0 Å². The van der Waals surface area contributed by atoms with E-state index in [-0.39, 0.29) is 22.9 Å². The fourth-order valence-corrected chi connectivity index (χ4v) is 3.92. The molecule has 3 rings (SSSR count). The normalized spacial score (nSPS) is 21.9. The number of nitrogens with one attached hydrogen (secondary N) is 3. The third-order valence-corrected chi connectivity index (χ3v) is 5.73. The highest BCUT2D eigenvalue weighted by molar-refractivity contribution is 6.30. The molecule has 172 valence electrons. The molecule has 0 saturated carbocycles. The predicted molar refractivity (Wildman–Crippen MR) is 115 cm³/mol. The van der Waals surface area contributed by atoms with Gasteiger partial charge in [-0.1, -0.05) is 17.7 Å². The second-order valence-electron chi connectivity index (χ2n) is 7.75. The molecule has 1 aromatic carbocycles. The highest BCUT2D eigenvalue weighted by atomic mass is 35.5. The summed E-state index contributed by atoms with van der Waals surface area (Å²) >= 11 is 5.73. The van der Waals surface area contributed by atoms with E-state index in [1.165, 1.54) is 18.2 Å². The van der Waals surface area contributed by atoms with Crippen LogP contribution in [0.15, 0.2) is 24.3 Å². The number of hydrogen-bond donors (Lipinski definition) is 4. The van der Waals surface area contributed by atoms with Gasteiger partial charge < -0.3 is 16.4 Å². The molecule has 0 aliphatic carbocycles. The Morgan fingerprint density at radius 3 is 2.75 bits per heavy atom. The Balaban J connectivity index is 1.68. The van der Waals surface area contributed by atoms with Crippen LogP contribution in [0.3, 0.4) is 0 Å². The summed E-state index contributed by atoms with van der Waals surface area (Å²) < 4.78 is 13.9. The zero-order valence-corrected chi connectivity index (χ0v) is 18.0. The lowest BCUT2D eigenvalue weighted by atomic mass is 9.97. The van der Waals surface area contributed by atoms with E-state index in [2.05, 4.69) is 16.1 Å². The smallest absolute Gasteiger partial charge is 0.261 e. The van der Waals surface area contributed by atoms with Crippen molar-refractivity contribution in [1.29, 1.82) is 0 Å². The fourth-order valence-electron chi connectivity index (χ4n) is 3.76. The highest BCUT2D eigenvalue weighted by Gasteiger charge is 2.35. The summed E-state index contributed by atoms with van der Waals surface area (Å²) in [6.07, 6.45) is 4.09. The number of rotatable bonds is 7. The van der Waals surface area contributed by atoms with Crippen LogP contribution in [0.5, 0.6) is 0 Å². The van der Waals surface area contributed by atoms with Crippen LogP contribution in [0.1, 0.15) is 31.2 Å². The van der Waals surface area contributed by atoms with Gasteiger partial charge in [0, 0.05) is 35.7 Å². The zero-order chi connectivity index (χ0) is 23.3. The van der Waals surface area contributed by atoms with Crippen molar-refractivity contribution in [3.05, 3.63) is 40.7 Å². The summed E-state index contributed by atoms with van der Waals surface area (Å²) in [6.45, 7) is 0.985. The SMILES string of the molecule is NC(=O)C(C[C@@H]1CCNC1=O)NC(=O)[C@@H]1CCCNN1C(=O)/C=C/c1ccc(Cl)cc1F. The van der Waals surface area contributed by atoms with E-state index in [1.807, 2.05) is 0 Å². The first kappa shape index (κ1) is 23.7. The molecule has 4 amide bonds. The Hall–Kier alpha value is -2.98. The molecule has 2 aliphatic heterocycles. The summed E-state index contributed by atoms with van der Waals surface area (Å²) in [5, 5.41) is 6.65. The lowest BCUT2D eigenvalue weighted by molar-refractivity contribution is -0.143. The van der Waals surface area contributed by atoms with E-state index in [1.54, 1.807) is 0 Å². The topological polar surface area (TPSA) is 134 Å². The third kappa shape index (κ3) is 5.83. The van der Waals surface area contributed by atoms with Gasteiger partial charge in [0.1, 0.15) is 17.9 Å². The number of carbonyl (C=O) groups excluding carboxylic acids is 4. The highest BCUT2D eigenvalue weighted by Crippen LogP contribution is 2.19. The van der Waals surface area contributed by atoms with Gasteiger partial charge in [0.25, 0.3) is 5.91 Å². The van der Waals surface area contributed by atoms with Crippen molar-refractivity contribution in [2.75, 3.05) is 13.1 Å². The number of benzene rings is 1. The second kappa shape index (κ2) is 10.6. The van der Waals surface area contributed by atoms with Gasteiger partial charge >= 0.3 is 0 Å². The second-order valence-corrected chi connectivity index (χ2v) is 8.19. The first-order valence-corrected chi connectivity index (χ1v) is 10.7. The van der Waals surface area contributed by atoms with Crippen molar-refractivity contribution in [2.45, 2.75) is 37.8 Å². The largest absolute Gasteiger partial charge is 0.368 e. The van der Waals surface area contributed by atoms with E-state index < -0.39 is 41.5 Å². The monoisotopic (exact) mass is 465 g/mol. The number of nitrogens with zero attached hydrogens (tertiary/aromatic N) is 1. The van der Waals surface area contributed by atoms with Gasteiger partial charge in [-0.15, -0.1) is 0 Å². The van der Waals surface area contributed by atoms with Crippen LogP contribution in [-0.2, 0) is 19.2 Å². The Bertz CT molecular complexity index is 941. The lowest BCUT2D eigenvalue weighted by Crippen LogP contribution is -2.60. The standard InChI is InChI=1S/C21H25ClFN5O4/c22-14-5-3-12(15(23)11-14)4-6-18(29)28-17(2-1-8-26-28)21(32)27-16(19(24)30)10-13-7-9-25-20(13)31/h3-6,11,13,16-17,26H,1-2,7-10H2,(H2,24,30)(H,25,31)(H,27,32)/b6-4+/t13-,16?,17-/m0/s1. The third-order valence-electron chi connectivity index (χ3n) is 5.50. The summed E-state index contributed by atoms with van der Waals surface area (Å²) in [5.74, 6) is -3.03. The number of primary amides is 1. The van der Waals surface area contributed by atoms with Crippen LogP contribution in [0, 0.1) is 11.7 Å². The molecule has 2 heterocycles. The van der Waals surface area contributed by atoms with Crippen LogP contribution < -0.4 is 21.8 Å². The zero-order valence-electron chi connectivity index (χ0n) is 17.3. The number of nitrogens with two attached hydrogens (primary N) is 1. The van der Waals surface area contributed by atoms with Crippen molar-refractivity contribution in [3.63, 3.8) is 0 Å². The quantitative estimate of drug-likeness (QED) is 0.435. The molecule has 1 aromatic rings. The van der Waals surface area contributed by atoms with Crippen molar-refractivity contribution in [1.82, 2.24) is 21.1 Å². The van der Waals surface area contributed by atoms with Crippen molar-refractivity contribution in [2.24, 2.45) is 11.7 Å². The summed E-state index contributed by atoms with van der Waals surface area (Å²) in [7, 11) is 0. The summed E-state index contributed by atoms with van der Waals surface area (Å²) in [4.78, 5) is 49.3.